The van der Waals surface area contributed by atoms with Gasteiger partial charge in [-0.1, -0.05) is 152 Å². The summed E-state index contributed by atoms with van der Waals surface area (Å²) >= 11 is 1.93. The molecule has 0 fully saturated rings. The van der Waals surface area contributed by atoms with Gasteiger partial charge in [0.25, 0.3) is 0 Å². The van der Waals surface area contributed by atoms with E-state index in [4.69, 9.17) is 0 Å². The largest absolute Gasteiger partial charge is 0.308 e. The number of fused-ring (bicyclic) bond motifs is 18. The average Bonchev–Trinajstić information content (AvgIpc) is 3.90. The number of aromatic nitrogens is 1. The Morgan fingerprint density at radius 2 is 0.852 bits per heavy atom. The summed E-state index contributed by atoms with van der Waals surface area (Å²) < 4.78 is 5.20. The molecular formula is C52H29NS. The lowest BCUT2D eigenvalue weighted by Crippen LogP contribution is -1.95. The maximum atomic E-state index is 2.54. The molecule has 1 aliphatic carbocycles. The van der Waals surface area contributed by atoms with Crippen LogP contribution in [0.25, 0.3) is 124 Å². The van der Waals surface area contributed by atoms with Gasteiger partial charge in [0.1, 0.15) is 0 Å². The second-order valence-electron chi connectivity index (χ2n) is 14.7. The molecule has 2 heteroatoms. The lowest BCUT2D eigenvalue weighted by atomic mass is 9.89. The third-order valence-electron chi connectivity index (χ3n) is 12.1. The number of thiophene rings is 1. The average molecular weight is 700 g/mol. The number of hydrogen-bond donors (Lipinski definition) is 0. The fraction of sp³-hybridized carbons (Fsp3) is 0. The first kappa shape index (κ1) is 28.8. The Bertz CT molecular complexity index is 3570. The van der Waals surface area contributed by atoms with Crippen LogP contribution in [0.2, 0.25) is 0 Å². The molecule has 10 aromatic carbocycles. The lowest BCUT2D eigenvalue weighted by molar-refractivity contribution is 1.19. The Morgan fingerprint density at radius 3 is 1.59 bits per heavy atom. The molecule has 13 rings (SSSR count). The molecule has 54 heavy (non-hydrogen) atoms. The zero-order valence-electron chi connectivity index (χ0n) is 29.1. The van der Waals surface area contributed by atoms with Crippen molar-refractivity contribution in [1.82, 2.24) is 4.57 Å². The number of para-hydroxylation sites is 1. The van der Waals surface area contributed by atoms with Crippen molar-refractivity contribution in [3.63, 3.8) is 0 Å². The fourth-order valence-electron chi connectivity index (χ4n) is 9.95. The maximum absolute atomic E-state index is 2.54. The Balaban J connectivity index is 1.14. The molecule has 0 radical (unpaired) electrons. The highest BCUT2D eigenvalue weighted by Crippen LogP contribution is 2.52. The molecule has 0 unspecified atom stereocenters. The SMILES string of the molecule is c1ccc2c(c1)-c1cccc3c(-c4ccc(-n5c6ccccc6c6c7c8ccccc8c8ccccc8c7c7c8ccccc8sc7c65)cc4)ccc-2c13. The van der Waals surface area contributed by atoms with Crippen LogP contribution in [0.15, 0.2) is 176 Å². The van der Waals surface area contributed by atoms with Gasteiger partial charge in [0.15, 0.2) is 0 Å². The predicted octanol–water partition coefficient (Wildman–Crippen LogP) is 15.1. The minimum Gasteiger partial charge on any atom is -0.308 e. The summed E-state index contributed by atoms with van der Waals surface area (Å²) in [6, 6.07) is 65.6. The van der Waals surface area contributed by atoms with Crippen molar-refractivity contribution in [2.75, 3.05) is 0 Å². The quantitative estimate of drug-likeness (QED) is 0.158. The van der Waals surface area contributed by atoms with Gasteiger partial charge in [0.05, 0.1) is 15.7 Å². The summed E-state index contributed by atoms with van der Waals surface area (Å²) in [5.74, 6) is 0. The first-order valence-electron chi connectivity index (χ1n) is 18.7. The van der Waals surface area contributed by atoms with Gasteiger partial charge in [-0.05, 0) is 90.0 Å². The molecule has 0 saturated heterocycles. The molecule has 2 heterocycles. The molecule has 0 atom stereocenters. The van der Waals surface area contributed by atoms with Gasteiger partial charge in [-0.15, -0.1) is 11.3 Å². The molecule has 0 bridgehead atoms. The van der Waals surface area contributed by atoms with Crippen molar-refractivity contribution in [1.29, 1.82) is 0 Å². The molecule has 248 valence electrons. The van der Waals surface area contributed by atoms with E-state index in [9.17, 15) is 0 Å². The van der Waals surface area contributed by atoms with Crippen LogP contribution in [0.4, 0.5) is 0 Å². The highest BCUT2D eigenvalue weighted by Gasteiger charge is 2.25. The van der Waals surface area contributed by atoms with Gasteiger partial charge < -0.3 is 4.57 Å². The smallest absolute Gasteiger partial charge is 0.0726 e. The zero-order chi connectivity index (χ0) is 35.1. The molecular weight excluding hydrogens is 671 g/mol. The van der Waals surface area contributed by atoms with Crippen LogP contribution in [0, 0.1) is 0 Å². The van der Waals surface area contributed by atoms with E-state index in [0.717, 1.165) is 0 Å². The third kappa shape index (κ3) is 3.59. The highest BCUT2D eigenvalue weighted by atomic mass is 32.1. The Kier molecular flexibility index (Phi) is 5.57. The topological polar surface area (TPSA) is 4.93 Å². The summed E-state index contributed by atoms with van der Waals surface area (Å²) in [6.07, 6.45) is 0. The first-order chi connectivity index (χ1) is 26.8. The third-order valence-corrected chi connectivity index (χ3v) is 13.3. The normalized spacial score (nSPS) is 12.4. The van der Waals surface area contributed by atoms with Crippen molar-refractivity contribution >= 4 is 96.4 Å². The van der Waals surface area contributed by atoms with E-state index in [2.05, 4.69) is 180 Å². The molecule has 12 aromatic rings. The maximum Gasteiger partial charge on any atom is 0.0726 e. The van der Waals surface area contributed by atoms with Gasteiger partial charge in [0.2, 0.25) is 0 Å². The summed E-state index contributed by atoms with van der Waals surface area (Å²) in [6.45, 7) is 0. The van der Waals surface area contributed by atoms with E-state index in [0.29, 0.717) is 0 Å². The van der Waals surface area contributed by atoms with Gasteiger partial charge in [-0.2, -0.15) is 0 Å². The second kappa shape index (κ2) is 10.4. The molecule has 1 aliphatic rings. The van der Waals surface area contributed by atoms with Crippen LogP contribution in [0.1, 0.15) is 0 Å². The van der Waals surface area contributed by atoms with Crippen LogP contribution in [0.5, 0.6) is 0 Å². The Hall–Kier alpha value is -6.74. The zero-order valence-corrected chi connectivity index (χ0v) is 29.9. The summed E-state index contributed by atoms with van der Waals surface area (Å²) in [5.41, 5.74) is 11.5. The van der Waals surface area contributed by atoms with E-state index >= 15 is 0 Å². The van der Waals surface area contributed by atoms with Gasteiger partial charge >= 0.3 is 0 Å². The van der Waals surface area contributed by atoms with Crippen molar-refractivity contribution in [3.8, 4) is 39.1 Å². The minimum absolute atomic E-state index is 1.17. The molecule has 0 saturated carbocycles. The number of nitrogens with zero attached hydrogens (tertiary/aromatic N) is 1. The standard InChI is InChI=1S/C52H29NS/c1-2-15-36-33(12-1)38-21-11-20-37-32(28-29-41(36)46(37)38)30-24-26-31(27-25-30)53-44-22-9-7-18-42(44)49-47-39-16-5-3-13-34(39)35-14-4-6-17-40(35)48(47)50-43-19-8-10-23-45(43)54-52(50)51(49)53/h1-29H. The van der Waals surface area contributed by atoms with E-state index in [-0.39, 0.29) is 0 Å². The number of benzene rings is 10. The first-order valence-corrected chi connectivity index (χ1v) is 19.5. The predicted molar refractivity (Wildman–Crippen MR) is 234 cm³/mol. The van der Waals surface area contributed by atoms with E-state index in [1.165, 1.54) is 124 Å². The van der Waals surface area contributed by atoms with Crippen LogP contribution in [-0.2, 0) is 0 Å². The molecule has 1 nitrogen and oxygen atoms in total. The summed E-state index contributed by atoms with van der Waals surface area (Å²) in [5, 5.41) is 15.9. The van der Waals surface area contributed by atoms with E-state index in [1.807, 2.05) is 11.3 Å². The van der Waals surface area contributed by atoms with Crippen molar-refractivity contribution < 1.29 is 0 Å². The summed E-state index contributed by atoms with van der Waals surface area (Å²) in [4.78, 5) is 0. The molecule has 0 N–H and O–H groups in total. The lowest BCUT2D eigenvalue weighted by Gasteiger charge is -2.15. The Labute approximate surface area is 314 Å². The van der Waals surface area contributed by atoms with Crippen molar-refractivity contribution in [2.24, 2.45) is 0 Å². The highest BCUT2D eigenvalue weighted by molar-refractivity contribution is 7.27. The van der Waals surface area contributed by atoms with Crippen LogP contribution in [-0.4, -0.2) is 4.57 Å². The number of rotatable bonds is 2. The molecule has 0 amide bonds. The molecule has 0 aliphatic heterocycles. The van der Waals surface area contributed by atoms with Gasteiger partial charge in [-0.3, -0.25) is 0 Å². The van der Waals surface area contributed by atoms with E-state index < -0.39 is 0 Å². The van der Waals surface area contributed by atoms with Crippen LogP contribution < -0.4 is 0 Å². The second-order valence-corrected chi connectivity index (χ2v) is 15.8. The molecule has 0 spiro atoms. The number of hydrogen-bond acceptors (Lipinski definition) is 1. The fourth-order valence-corrected chi connectivity index (χ4v) is 11.2. The monoisotopic (exact) mass is 699 g/mol. The Morgan fingerprint density at radius 1 is 0.315 bits per heavy atom. The van der Waals surface area contributed by atoms with Crippen molar-refractivity contribution in [2.45, 2.75) is 0 Å². The minimum atomic E-state index is 1.17. The van der Waals surface area contributed by atoms with E-state index in [1.54, 1.807) is 0 Å². The van der Waals surface area contributed by atoms with Gasteiger partial charge in [-0.25, -0.2) is 0 Å². The van der Waals surface area contributed by atoms with Crippen molar-refractivity contribution in [3.05, 3.63) is 176 Å². The van der Waals surface area contributed by atoms with Gasteiger partial charge in [0, 0.05) is 42.7 Å². The molecule has 2 aromatic heterocycles. The van der Waals surface area contributed by atoms with Crippen LogP contribution >= 0.6 is 11.3 Å². The summed E-state index contributed by atoms with van der Waals surface area (Å²) in [7, 11) is 0. The van der Waals surface area contributed by atoms with Crippen LogP contribution in [0.3, 0.4) is 0 Å².